The normalized spacial score (nSPS) is 9.12. The maximum absolute atomic E-state index is 3.57. The van der Waals surface area contributed by atoms with Crippen molar-refractivity contribution in [2.24, 2.45) is 5.10 Å². The summed E-state index contributed by atoms with van der Waals surface area (Å²) in [6.07, 6.45) is 5.20. The van der Waals surface area contributed by atoms with E-state index in [9.17, 15) is 0 Å². The number of rotatable bonds is 3. The molecule has 0 aliphatic heterocycles. The average molecular weight is 110 g/mol. The van der Waals surface area contributed by atoms with Gasteiger partial charge in [-0.3, -0.25) is 0 Å². The summed E-state index contributed by atoms with van der Waals surface area (Å²) < 4.78 is 0. The van der Waals surface area contributed by atoms with Gasteiger partial charge in [-0.1, -0.05) is 12.7 Å². The molecular formula is C6H10N2. The summed E-state index contributed by atoms with van der Waals surface area (Å²) in [5.41, 5.74) is 0. The average Bonchev–Trinajstić information content (AvgIpc) is 1.83. The minimum absolute atomic E-state index is 1.53. The molecule has 0 radical (unpaired) electrons. The van der Waals surface area contributed by atoms with E-state index in [0.29, 0.717) is 0 Å². The van der Waals surface area contributed by atoms with Crippen LogP contribution in [0.25, 0.3) is 0 Å². The smallest absolute Gasteiger partial charge is 0.0240 e. The third-order valence-electron chi connectivity index (χ3n) is 0.652. The van der Waals surface area contributed by atoms with Crippen LogP contribution in [-0.4, -0.2) is 11.7 Å². The monoisotopic (exact) mass is 110 g/mol. The fourth-order valence-corrected chi connectivity index (χ4v) is 0.318. The lowest BCUT2D eigenvalue weighted by Crippen LogP contribution is -1.95. The van der Waals surface area contributed by atoms with Crippen LogP contribution >= 0.6 is 0 Å². The Hall–Kier alpha value is -1.05. The summed E-state index contributed by atoms with van der Waals surface area (Å²) in [5, 5.41) is 5.10. The lowest BCUT2D eigenvalue weighted by atomic mass is 10.7. The molecule has 0 saturated heterocycles. The van der Waals surface area contributed by atoms with Crippen molar-refractivity contribution >= 4 is 6.72 Å². The van der Waals surface area contributed by atoms with Crippen LogP contribution in [-0.2, 0) is 0 Å². The van der Waals surface area contributed by atoms with Crippen LogP contribution < -0.4 is 0 Å². The van der Waals surface area contributed by atoms with Crippen LogP contribution in [0.3, 0.4) is 0 Å². The van der Waals surface area contributed by atoms with Gasteiger partial charge in [-0.2, -0.15) is 5.10 Å². The lowest BCUT2D eigenvalue weighted by molar-refractivity contribution is 0.552. The van der Waals surface area contributed by atoms with Gasteiger partial charge in [0.05, 0.1) is 0 Å². The highest BCUT2D eigenvalue weighted by atomic mass is 15.4. The molecule has 0 atom stereocenters. The molecule has 0 heterocycles. The van der Waals surface area contributed by atoms with Crippen molar-refractivity contribution in [3.8, 4) is 0 Å². The lowest BCUT2D eigenvalue weighted by Gasteiger charge is -2.02. The van der Waals surface area contributed by atoms with Gasteiger partial charge in [-0.15, -0.1) is 0 Å². The summed E-state index contributed by atoms with van der Waals surface area (Å²) in [6.45, 7) is 8.70. The maximum Gasteiger partial charge on any atom is 0.0240 e. The van der Waals surface area contributed by atoms with E-state index in [-0.39, 0.29) is 0 Å². The van der Waals surface area contributed by atoms with Crippen molar-refractivity contribution in [3.05, 3.63) is 25.1 Å². The van der Waals surface area contributed by atoms with Crippen molar-refractivity contribution in [2.75, 3.05) is 0 Å². The fourth-order valence-electron chi connectivity index (χ4n) is 0.318. The van der Waals surface area contributed by atoms with Crippen molar-refractivity contribution in [1.29, 1.82) is 0 Å². The molecule has 0 N–H and O–H groups in total. The maximum atomic E-state index is 3.57. The quantitative estimate of drug-likeness (QED) is 0.398. The molecular weight excluding hydrogens is 100 g/mol. The molecule has 0 saturated carbocycles. The van der Waals surface area contributed by atoms with Gasteiger partial charge < -0.3 is 0 Å². The molecule has 8 heavy (non-hydrogen) atoms. The standard InChI is InChI=1S/C6H10N2/c1-4-6-8(5-2)7-3/h4-6H,2-3H2,1H3/b6-4-. The molecule has 2 nitrogen and oxygen atoms in total. The first-order chi connectivity index (χ1) is 3.85. The Balaban J connectivity index is 3.69. The topological polar surface area (TPSA) is 15.6 Å². The molecule has 0 aromatic heterocycles. The molecule has 0 spiro atoms. The first-order valence-corrected chi connectivity index (χ1v) is 2.35. The van der Waals surface area contributed by atoms with Crippen LogP contribution in [0.4, 0.5) is 0 Å². The second-order valence-electron chi connectivity index (χ2n) is 1.19. The predicted octanol–water partition coefficient (Wildman–Crippen LogP) is 1.58. The van der Waals surface area contributed by atoms with E-state index in [0.717, 1.165) is 0 Å². The van der Waals surface area contributed by atoms with Crippen LogP contribution in [0.5, 0.6) is 0 Å². The van der Waals surface area contributed by atoms with Crippen LogP contribution in [0, 0.1) is 0 Å². The SMILES string of the molecule is C=CN(/C=C\C)N=C. The van der Waals surface area contributed by atoms with Crippen molar-refractivity contribution in [1.82, 2.24) is 5.01 Å². The van der Waals surface area contributed by atoms with Crippen molar-refractivity contribution in [3.63, 3.8) is 0 Å². The van der Waals surface area contributed by atoms with Crippen molar-refractivity contribution < 1.29 is 0 Å². The number of nitrogens with zero attached hydrogens (tertiary/aromatic N) is 2. The Morgan fingerprint density at radius 2 is 2.25 bits per heavy atom. The third kappa shape index (κ3) is 2.18. The molecule has 0 amide bonds. The fraction of sp³-hybridized carbons (Fsp3) is 0.167. The van der Waals surface area contributed by atoms with Crippen molar-refractivity contribution in [2.45, 2.75) is 6.92 Å². The van der Waals surface area contributed by atoms with E-state index in [1.165, 1.54) is 5.01 Å². The van der Waals surface area contributed by atoms with Gasteiger partial charge in [0.15, 0.2) is 0 Å². The Morgan fingerprint density at radius 3 is 2.38 bits per heavy atom. The molecule has 0 rings (SSSR count). The van der Waals surface area contributed by atoms with E-state index in [4.69, 9.17) is 0 Å². The first kappa shape index (κ1) is 6.95. The molecule has 0 aliphatic rings. The molecule has 0 aromatic rings. The molecule has 44 valence electrons. The van der Waals surface area contributed by atoms with Gasteiger partial charge in [0.2, 0.25) is 0 Å². The van der Waals surface area contributed by atoms with Crippen LogP contribution in [0.15, 0.2) is 30.2 Å². The minimum atomic E-state index is 1.53. The molecule has 2 heteroatoms. The number of hydrogen-bond donors (Lipinski definition) is 0. The van der Waals surface area contributed by atoms with E-state index < -0.39 is 0 Å². The van der Waals surface area contributed by atoms with E-state index in [1.807, 2.05) is 13.0 Å². The Kier molecular flexibility index (Phi) is 3.58. The second kappa shape index (κ2) is 4.12. The van der Waals surface area contributed by atoms with Crippen LogP contribution in [0.1, 0.15) is 6.92 Å². The number of hydrogen-bond acceptors (Lipinski definition) is 2. The Morgan fingerprint density at radius 1 is 1.62 bits per heavy atom. The Labute approximate surface area is 49.8 Å². The van der Waals surface area contributed by atoms with Gasteiger partial charge in [0.25, 0.3) is 0 Å². The number of hydrazone groups is 1. The highest BCUT2D eigenvalue weighted by Crippen LogP contribution is 1.87. The second-order valence-corrected chi connectivity index (χ2v) is 1.19. The van der Waals surface area contributed by atoms with Gasteiger partial charge in [-0.05, 0) is 6.92 Å². The largest absolute Gasteiger partial charge is 0.250 e. The third-order valence-corrected chi connectivity index (χ3v) is 0.652. The van der Waals surface area contributed by atoms with Gasteiger partial charge in [0, 0.05) is 19.1 Å². The Bertz CT molecular complexity index is 97.1. The zero-order valence-electron chi connectivity index (χ0n) is 5.04. The van der Waals surface area contributed by atoms with Crippen LogP contribution in [0.2, 0.25) is 0 Å². The van der Waals surface area contributed by atoms with E-state index in [2.05, 4.69) is 18.4 Å². The summed E-state index contributed by atoms with van der Waals surface area (Å²) >= 11 is 0. The van der Waals surface area contributed by atoms with Gasteiger partial charge in [0.1, 0.15) is 0 Å². The first-order valence-electron chi connectivity index (χ1n) is 2.35. The molecule has 0 bridgehead atoms. The van der Waals surface area contributed by atoms with E-state index >= 15 is 0 Å². The molecule has 0 aromatic carbocycles. The zero-order chi connectivity index (χ0) is 6.41. The van der Waals surface area contributed by atoms with E-state index in [1.54, 1.807) is 12.4 Å². The van der Waals surface area contributed by atoms with Gasteiger partial charge >= 0.3 is 0 Å². The molecule has 0 aliphatic carbocycles. The molecule has 0 fully saturated rings. The minimum Gasteiger partial charge on any atom is -0.250 e. The summed E-state index contributed by atoms with van der Waals surface area (Å²) in [4.78, 5) is 0. The summed E-state index contributed by atoms with van der Waals surface area (Å²) in [7, 11) is 0. The summed E-state index contributed by atoms with van der Waals surface area (Å²) in [5.74, 6) is 0. The zero-order valence-corrected chi connectivity index (χ0v) is 5.04. The van der Waals surface area contributed by atoms with Gasteiger partial charge in [-0.25, -0.2) is 5.01 Å². The highest BCUT2D eigenvalue weighted by molar-refractivity contribution is 5.23. The predicted molar refractivity (Wildman–Crippen MR) is 36.4 cm³/mol. The number of allylic oxidation sites excluding steroid dienone is 1. The summed E-state index contributed by atoms with van der Waals surface area (Å²) in [6, 6.07) is 0. The highest BCUT2D eigenvalue weighted by Gasteiger charge is 1.77. The molecule has 0 unspecified atom stereocenters.